The molecule has 0 aliphatic carbocycles. The zero-order valence-electron chi connectivity index (χ0n) is 17.8. The van der Waals surface area contributed by atoms with E-state index in [0.29, 0.717) is 26.1 Å². The van der Waals surface area contributed by atoms with Gasteiger partial charge >= 0.3 is 0 Å². The van der Waals surface area contributed by atoms with Gasteiger partial charge in [0.1, 0.15) is 0 Å². The first kappa shape index (κ1) is 20.5. The number of carbonyl (C=O) groups is 2. The fraction of sp³-hybridized carbons (Fsp3) is 0.440. The molecule has 30 heavy (non-hydrogen) atoms. The maximum absolute atomic E-state index is 13.1. The highest BCUT2D eigenvalue weighted by molar-refractivity contribution is 5.89. The van der Waals surface area contributed by atoms with Gasteiger partial charge in [-0.15, -0.1) is 0 Å². The van der Waals surface area contributed by atoms with Crippen LogP contribution in [0.4, 0.5) is 5.69 Å². The molecular weight excluding hydrogens is 374 g/mol. The Kier molecular flexibility index (Phi) is 6.36. The SMILES string of the molecule is CN(Cc1ccccc1N1CCCC1)C(=O)C1CC(=O)N(CCc2ccccc2)C1. The molecule has 2 saturated heterocycles. The average molecular weight is 406 g/mol. The van der Waals surface area contributed by atoms with Crippen LogP contribution in [0.3, 0.4) is 0 Å². The van der Waals surface area contributed by atoms with E-state index in [0.717, 1.165) is 19.5 Å². The second-order valence-electron chi connectivity index (χ2n) is 8.49. The monoisotopic (exact) mass is 405 g/mol. The number of hydrogen-bond acceptors (Lipinski definition) is 3. The van der Waals surface area contributed by atoms with E-state index in [1.165, 1.54) is 29.7 Å². The van der Waals surface area contributed by atoms with Crippen molar-refractivity contribution in [2.75, 3.05) is 38.1 Å². The van der Waals surface area contributed by atoms with E-state index in [1.807, 2.05) is 36.2 Å². The largest absolute Gasteiger partial charge is 0.371 e. The number of amides is 2. The number of hydrogen-bond donors (Lipinski definition) is 0. The van der Waals surface area contributed by atoms with Crippen LogP contribution in [0.2, 0.25) is 0 Å². The summed E-state index contributed by atoms with van der Waals surface area (Å²) in [7, 11) is 1.86. The molecule has 2 heterocycles. The molecule has 158 valence electrons. The first-order chi connectivity index (χ1) is 14.6. The Morgan fingerprint density at radius 1 is 1.03 bits per heavy atom. The van der Waals surface area contributed by atoms with Crippen molar-refractivity contribution in [2.24, 2.45) is 5.92 Å². The highest BCUT2D eigenvalue weighted by atomic mass is 16.2. The number of nitrogens with zero attached hydrogens (tertiary/aromatic N) is 3. The topological polar surface area (TPSA) is 43.9 Å². The zero-order chi connectivity index (χ0) is 20.9. The first-order valence-electron chi connectivity index (χ1n) is 11.0. The fourth-order valence-electron chi connectivity index (χ4n) is 4.62. The van der Waals surface area contributed by atoms with E-state index in [9.17, 15) is 9.59 Å². The Morgan fingerprint density at radius 3 is 2.50 bits per heavy atom. The van der Waals surface area contributed by atoms with Crippen molar-refractivity contribution in [3.8, 4) is 0 Å². The average Bonchev–Trinajstić information content (AvgIpc) is 3.43. The summed E-state index contributed by atoms with van der Waals surface area (Å²) < 4.78 is 0. The zero-order valence-corrected chi connectivity index (χ0v) is 17.8. The van der Waals surface area contributed by atoms with Gasteiger partial charge in [0.15, 0.2) is 0 Å². The Balaban J connectivity index is 1.35. The molecule has 0 bridgehead atoms. The number of rotatable bonds is 7. The third kappa shape index (κ3) is 4.66. The molecule has 2 amide bonds. The van der Waals surface area contributed by atoms with E-state index in [2.05, 4.69) is 35.2 Å². The van der Waals surface area contributed by atoms with Gasteiger partial charge in [0.05, 0.1) is 5.92 Å². The normalized spacial score (nSPS) is 18.8. The molecule has 0 saturated carbocycles. The summed E-state index contributed by atoms with van der Waals surface area (Å²) >= 11 is 0. The first-order valence-corrected chi connectivity index (χ1v) is 11.0. The molecule has 0 spiro atoms. The molecule has 2 fully saturated rings. The lowest BCUT2D eigenvalue weighted by Gasteiger charge is -2.26. The number of anilines is 1. The number of likely N-dealkylation sites (tertiary alicyclic amines) is 1. The van der Waals surface area contributed by atoms with Crippen molar-refractivity contribution in [1.29, 1.82) is 0 Å². The lowest BCUT2D eigenvalue weighted by molar-refractivity contribution is -0.135. The van der Waals surface area contributed by atoms with Crippen molar-refractivity contribution >= 4 is 17.5 Å². The number of para-hydroxylation sites is 1. The van der Waals surface area contributed by atoms with Gasteiger partial charge in [-0.3, -0.25) is 9.59 Å². The lowest BCUT2D eigenvalue weighted by atomic mass is 10.1. The van der Waals surface area contributed by atoms with Crippen molar-refractivity contribution in [1.82, 2.24) is 9.80 Å². The third-order valence-corrected chi connectivity index (χ3v) is 6.30. The quantitative estimate of drug-likeness (QED) is 0.710. The molecule has 0 radical (unpaired) electrons. The highest BCUT2D eigenvalue weighted by Crippen LogP contribution is 2.27. The summed E-state index contributed by atoms with van der Waals surface area (Å²) in [4.78, 5) is 31.6. The Labute approximate surface area is 179 Å². The lowest BCUT2D eigenvalue weighted by Crippen LogP contribution is -2.35. The van der Waals surface area contributed by atoms with Gasteiger partial charge in [-0.1, -0.05) is 48.5 Å². The predicted octanol–water partition coefficient (Wildman–Crippen LogP) is 3.34. The van der Waals surface area contributed by atoms with Crippen LogP contribution in [-0.4, -0.2) is 54.8 Å². The van der Waals surface area contributed by atoms with E-state index >= 15 is 0 Å². The number of benzene rings is 2. The van der Waals surface area contributed by atoms with Crippen molar-refractivity contribution in [3.63, 3.8) is 0 Å². The van der Waals surface area contributed by atoms with Crippen LogP contribution in [0.1, 0.15) is 30.4 Å². The van der Waals surface area contributed by atoms with Gasteiger partial charge in [0.2, 0.25) is 11.8 Å². The summed E-state index contributed by atoms with van der Waals surface area (Å²) in [5, 5.41) is 0. The molecule has 1 unspecified atom stereocenters. The van der Waals surface area contributed by atoms with E-state index in [4.69, 9.17) is 0 Å². The van der Waals surface area contributed by atoms with Crippen molar-refractivity contribution in [3.05, 3.63) is 65.7 Å². The van der Waals surface area contributed by atoms with Crippen LogP contribution in [-0.2, 0) is 22.6 Å². The second-order valence-corrected chi connectivity index (χ2v) is 8.49. The minimum absolute atomic E-state index is 0.0711. The minimum atomic E-state index is -0.239. The molecule has 5 heteroatoms. The van der Waals surface area contributed by atoms with Crippen molar-refractivity contribution in [2.45, 2.75) is 32.2 Å². The Bertz CT molecular complexity index is 877. The smallest absolute Gasteiger partial charge is 0.228 e. The van der Waals surface area contributed by atoms with Crippen LogP contribution >= 0.6 is 0 Å². The molecule has 4 rings (SSSR count). The molecule has 0 aromatic heterocycles. The summed E-state index contributed by atoms with van der Waals surface area (Å²) in [6.45, 7) is 3.96. The van der Waals surface area contributed by atoms with Crippen LogP contribution in [0.15, 0.2) is 54.6 Å². The molecule has 5 nitrogen and oxygen atoms in total. The van der Waals surface area contributed by atoms with Crippen LogP contribution in [0.5, 0.6) is 0 Å². The van der Waals surface area contributed by atoms with Crippen LogP contribution in [0, 0.1) is 5.92 Å². The molecular formula is C25H31N3O2. The summed E-state index contributed by atoms with van der Waals surface area (Å²) in [6.07, 6.45) is 3.61. The van der Waals surface area contributed by atoms with E-state index < -0.39 is 0 Å². The van der Waals surface area contributed by atoms with Gasteiger partial charge in [0, 0.05) is 51.9 Å². The van der Waals surface area contributed by atoms with Gasteiger partial charge in [0.25, 0.3) is 0 Å². The fourth-order valence-corrected chi connectivity index (χ4v) is 4.62. The molecule has 2 aromatic carbocycles. The standard InChI is InChI=1S/C25H31N3O2/c1-26(18-21-11-5-6-12-23(21)27-14-7-8-15-27)25(30)22-17-24(29)28(19-22)16-13-20-9-3-2-4-10-20/h2-6,9-12,22H,7-8,13-19H2,1H3. The maximum atomic E-state index is 13.1. The summed E-state index contributed by atoms with van der Waals surface area (Å²) in [6, 6.07) is 18.6. The van der Waals surface area contributed by atoms with E-state index in [-0.39, 0.29) is 17.7 Å². The van der Waals surface area contributed by atoms with Gasteiger partial charge < -0.3 is 14.7 Å². The van der Waals surface area contributed by atoms with E-state index in [1.54, 1.807) is 4.90 Å². The van der Waals surface area contributed by atoms with Crippen LogP contribution in [0.25, 0.3) is 0 Å². The highest BCUT2D eigenvalue weighted by Gasteiger charge is 2.35. The molecule has 2 aliphatic rings. The van der Waals surface area contributed by atoms with Gasteiger partial charge in [-0.05, 0) is 36.5 Å². The predicted molar refractivity (Wildman–Crippen MR) is 119 cm³/mol. The molecule has 0 N–H and O–H groups in total. The minimum Gasteiger partial charge on any atom is -0.371 e. The Hall–Kier alpha value is -2.82. The number of carbonyl (C=O) groups excluding carboxylic acids is 2. The summed E-state index contributed by atoms with van der Waals surface area (Å²) in [5.74, 6) is -0.0749. The molecule has 2 aliphatic heterocycles. The van der Waals surface area contributed by atoms with Gasteiger partial charge in [-0.25, -0.2) is 0 Å². The molecule has 1 atom stereocenters. The second kappa shape index (κ2) is 9.33. The Morgan fingerprint density at radius 2 is 1.73 bits per heavy atom. The maximum Gasteiger partial charge on any atom is 0.228 e. The van der Waals surface area contributed by atoms with Crippen LogP contribution < -0.4 is 4.90 Å². The third-order valence-electron chi connectivity index (χ3n) is 6.30. The van der Waals surface area contributed by atoms with Crippen molar-refractivity contribution < 1.29 is 9.59 Å². The van der Waals surface area contributed by atoms with Gasteiger partial charge in [-0.2, -0.15) is 0 Å². The molecule has 2 aromatic rings. The summed E-state index contributed by atoms with van der Waals surface area (Å²) in [5.41, 5.74) is 3.64.